The molecule has 5 nitrogen and oxygen atoms in total. The van der Waals surface area contributed by atoms with Crippen LogP contribution in [0.25, 0.3) is 0 Å². The third kappa shape index (κ3) is 2.82. The summed E-state index contributed by atoms with van der Waals surface area (Å²) in [7, 11) is 0. The van der Waals surface area contributed by atoms with Crippen molar-refractivity contribution in [2.75, 3.05) is 13.1 Å². The van der Waals surface area contributed by atoms with Crippen LogP contribution in [0, 0.1) is 5.92 Å². The summed E-state index contributed by atoms with van der Waals surface area (Å²) in [5.41, 5.74) is 0.888. The molecule has 6 heteroatoms. The van der Waals surface area contributed by atoms with Crippen LogP contribution in [-0.4, -0.2) is 38.9 Å². The predicted octanol–water partition coefficient (Wildman–Crippen LogP) is 1.63. The monoisotopic (exact) mass is 290 g/mol. The highest BCUT2D eigenvalue weighted by atomic mass is 35.5. The van der Waals surface area contributed by atoms with Crippen molar-refractivity contribution >= 4 is 17.5 Å². The number of aromatic nitrogens is 3. The lowest BCUT2D eigenvalue weighted by Gasteiger charge is -2.39. The van der Waals surface area contributed by atoms with Crippen LogP contribution in [0.2, 0.25) is 5.02 Å². The maximum atomic E-state index is 12.1. The second-order valence-electron chi connectivity index (χ2n) is 5.06. The molecule has 1 aliphatic heterocycles. The molecule has 1 aliphatic rings. The van der Waals surface area contributed by atoms with Gasteiger partial charge in [0.1, 0.15) is 0 Å². The minimum Gasteiger partial charge on any atom is -0.342 e. The van der Waals surface area contributed by atoms with Crippen LogP contribution in [0.15, 0.2) is 36.7 Å². The molecular weight excluding hydrogens is 276 g/mol. The maximum Gasteiger partial charge on any atom is 0.227 e. The van der Waals surface area contributed by atoms with E-state index in [2.05, 4.69) is 10.3 Å². The van der Waals surface area contributed by atoms with E-state index in [1.54, 1.807) is 10.9 Å². The van der Waals surface area contributed by atoms with Crippen LogP contribution in [0.3, 0.4) is 0 Å². The average Bonchev–Trinajstić information content (AvgIpc) is 2.89. The van der Waals surface area contributed by atoms with E-state index in [-0.39, 0.29) is 5.91 Å². The third-order valence-corrected chi connectivity index (χ3v) is 3.90. The molecular formula is C14H15ClN4O. The molecule has 0 aliphatic carbocycles. The van der Waals surface area contributed by atoms with E-state index in [0.717, 1.165) is 25.2 Å². The zero-order valence-corrected chi connectivity index (χ0v) is 11.7. The Kier molecular flexibility index (Phi) is 3.69. The fourth-order valence-electron chi connectivity index (χ4n) is 2.40. The topological polar surface area (TPSA) is 51.0 Å². The smallest absolute Gasteiger partial charge is 0.227 e. The van der Waals surface area contributed by atoms with Crippen LogP contribution in [0.1, 0.15) is 5.56 Å². The van der Waals surface area contributed by atoms with Gasteiger partial charge < -0.3 is 4.90 Å². The SMILES string of the molecule is O=C(Cc1ccccc1Cl)N1CC(Cn2ccnn2)C1. The van der Waals surface area contributed by atoms with Crippen LogP contribution < -0.4 is 0 Å². The Morgan fingerprint density at radius 1 is 1.35 bits per heavy atom. The van der Waals surface area contributed by atoms with Crippen LogP contribution >= 0.6 is 11.6 Å². The molecule has 1 aromatic carbocycles. The lowest BCUT2D eigenvalue weighted by atomic mass is 9.99. The molecule has 0 spiro atoms. The number of carbonyl (C=O) groups is 1. The van der Waals surface area contributed by atoms with Crippen LogP contribution in [0.5, 0.6) is 0 Å². The standard InChI is InChI=1S/C14H15ClN4O/c15-13-4-2-1-3-12(13)7-14(20)18-8-11(9-18)10-19-6-5-16-17-19/h1-6,11H,7-10H2. The molecule has 1 fully saturated rings. The molecule has 20 heavy (non-hydrogen) atoms. The van der Waals surface area contributed by atoms with Crippen molar-refractivity contribution in [3.05, 3.63) is 47.2 Å². The maximum absolute atomic E-state index is 12.1. The summed E-state index contributed by atoms with van der Waals surface area (Å²) in [6.45, 7) is 2.38. The first kappa shape index (κ1) is 13.1. The second-order valence-corrected chi connectivity index (χ2v) is 5.47. The highest BCUT2D eigenvalue weighted by molar-refractivity contribution is 6.31. The minimum atomic E-state index is 0.132. The first-order valence-electron chi connectivity index (χ1n) is 6.57. The number of rotatable bonds is 4. The minimum absolute atomic E-state index is 0.132. The van der Waals surface area contributed by atoms with Crippen molar-refractivity contribution in [2.45, 2.75) is 13.0 Å². The third-order valence-electron chi connectivity index (χ3n) is 3.53. The van der Waals surface area contributed by atoms with E-state index in [4.69, 9.17) is 11.6 Å². The predicted molar refractivity (Wildman–Crippen MR) is 75.2 cm³/mol. The lowest BCUT2D eigenvalue weighted by molar-refractivity contribution is -0.137. The summed E-state index contributed by atoms with van der Waals surface area (Å²) in [6, 6.07) is 7.48. The highest BCUT2D eigenvalue weighted by Gasteiger charge is 2.30. The number of halogens is 1. The number of hydrogen-bond acceptors (Lipinski definition) is 3. The number of amides is 1. The molecule has 0 atom stereocenters. The molecule has 0 unspecified atom stereocenters. The van der Waals surface area contributed by atoms with Crippen molar-refractivity contribution in [1.82, 2.24) is 19.9 Å². The Morgan fingerprint density at radius 3 is 2.85 bits per heavy atom. The van der Waals surface area contributed by atoms with Crippen molar-refractivity contribution in [3.8, 4) is 0 Å². The summed E-state index contributed by atoms with van der Waals surface area (Å²) in [5.74, 6) is 0.597. The van der Waals surface area contributed by atoms with Gasteiger partial charge in [-0.1, -0.05) is 35.0 Å². The number of carbonyl (C=O) groups excluding carboxylic acids is 1. The molecule has 0 radical (unpaired) electrons. The zero-order valence-electron chi connectivity index (χ0n) is 10.9. The van der Waals surface area contributed by atoms with Crippen LogP contribution in [-0.2, 0) is 17.8 Å². The van der Waals surface area contributed by atoms with Crippen molar-refractivity contribution < 1.29 is 4.79 Å². The molecule has 0 N–H and O–H groups in total. The van der Waals surface area contributed by atoms with Gasteiger partial charge in [0.25, 0.3) is 0 Å². The van der Waals surface area contributed by atoms with Gasteiger partial charge in [-0.2, -0.15) is 0 Å². The number of nitrogens with zero attached hydrogens (tertiary/aromatic N) is 4. The number of hydrogen-bond donors (Lipinski definition) is 0. The molecule has 2 heterocycles. The summed E-state index contributed by atoms with van der Waals surface area (Å²) in [4.78, 5) is 14.0. The Hall–Kier alpha value is -1.88. The highest BCUT2D eigenvalue weighted by Crippen LogP contribution is 2.21. The largest absolute Gasteiger partial charge is 0.342 e. The summed E-state index contributed by atoms with van der Waals surface area (Å²) < 4.78 is 1.81. The first-order chi connectivity index (χ1) is 9.72. The number of likely N-dealkylation sites (tertiary alicyclic amines) is 1. The zero-order chi connectivity index (χ0) is 13.9. The van der Waals surface area contributed by atoms with Gasteiger partial charge in [-0.25, -0.2) is 0 Å². The molecule has 2 aromatic rings. The van der Waals surface area contributed by atoms with Gasteiger partial charge in [0.15, 0.2) is 0 Å². The summed E-state index contributed by atoms with van der Waals surface area (Å²) in [5, 5.41) is 8.36. The van der Waals surface area contributed by atoms with Gasteiger partial charge in [-0.05, 0) is 11.6 Å². The average molecular weight is 291 g/mol. The van der Waals surface area contributed by atoms with Gasteiger partial charge >= 0.3 is 0 Å². The fourth-order valence-corrected chi connectivity index (χ4v) is 2.60. The Balaban J connectivity index is 1.50. The molecule has 104 valence electrons. The molecule has 1 amide bonds. The van der Waals surface area contributed by atoms with Crippen molar-refractivity contribution in [1.29, 1.82) is 0 Å². The van der Waals surface area contributed by atoms with E-state index >= 15 is 0 Å². The molecule has 0 bridgehead atoms. The van der Waals surface area contributed by atoms with Gasteiger partial charge in [-0.15, -0.1) is 5.10 Å². The second kappa shape index (κ2) is 5.63. The first-order valence-corrected chi connectivity index (χ1v) is 6.95. The van der Waals surface area contributed by atoms with E-state index in [1.165, 1.54) is 0 Å². The van der Waals surface area contributed by atoms with Gasteiger partial charge in [0.2, 0.25) is 5.91 Å². The Bertz CT molecular complexity index is 593. The van der Waals surface area contributed by atoms with Gasteiger partial charge in [0.05, 0.1) is 12.6 Å². The Morgan fingerprint density at radius 2 is 2.15 bits per heavy atom. The molecule has 1 aromatic heterocycles. The lowest BCUT2D eigenvalue weighted by Crippen LogP contribution is -2.52. The molecule has 3 rings (SSSR count). The van der Waals surface area contributed by atoms with Gasteiger partial charge in [0, 0.05) is 36.8 Å². The van der Waals surface area contributed by atoms with E-state index in [9.17, 15) is 4.79 Å². The van der Waals surface area contributed by atoms with Crippen molar-refractivity contribution in [2.24, 2.45) is 5.92 Å². The van der Waals surface area contributed by atoms with Crippen LogP contribution in [0.4, 0.5) is 0 Å². The van der Waals surface area contributed by atoms with E-state index < -0.39 is 0 Å². The fraction of sp³-hybridized carbons (Fsp3) is 0.357. The molecule has 1 saturated heterocycles. The van der Waals surface area contributed by atoms with E-state index in [1.807, 2.05) is 35.4 Å². The quantitative estimate of drug-likeness (QED) is 0.860. The summed E-state index contributed by atoms with van der Waals surface area (Å²) in [6.07, 6.45) is 3.88. The normalized spacial score (nSPS) is 15.2. The Labute approximate surface area is 122 Å². The van der Waals surface area contributed by atoms with Crippen molar-refractivity contribution in [3.63, 3.8) is 0 Å². The van der Waals surface area contributed by atoms with E-state index in [0.29, 0.717) is 17.4 Å². The summed E-state index contributed by atoms with van der Waals surface area (Å²) >= 11 is 6.07. The number of benzene rings is 1. The molecule has 0 saturated carbocycles. The van der Waals surface area contributed by atoms with Gasteiger partial charge in [-0.3, -0.25) is 9.48 Å².